The number of hydrogen-bond acceptors (Lipinski definition) is 6. The van der Waals surface area contributed by atoms with Gasteiger partial charge in [0, 0.05) is 0 Å². The Morgan fingerprint density at radius 3 is 2.73 bits per heavy atom. The van der Waals surface area contributed by atoms with Crippen molar-refractivity contribution in [3.05, 3.63) is 5.92 Å². The van der Waals surface area contributed by atoms with Crippen molar-refractivity contribution in [2.24, 2.45) is 35.5 Å². The molecule has 2 aliphatic heterocycles. The number of rotatable bonds is 5. The van der Waals surface area contributed by atoms with Crippen molar-refractivity contribution in [3.63, 3.8) is 0 Å². The summed E-state index contributed by atoms with van der Waals surface area (Å²) in [6.45, 7) is 2.32. The van der Waals surface area contributed by atoms with Crippen LogP contribution in [0.25, 0.3) is 0 Å². The van der Waals surface area contributed by atoms with Gasteiger partial charge in [0.05, 0.1) is 0 Å². The molecule has 6 aliphatic rings. The first-order valence-electron chi connectivity index (χ1n) is 10.8. The van der Waals surface area contributed by atoms with Crippen molar-refractivity contribution in [1.82, 2.24) is 3.53 Å². The second kappa shape index (κ2) is 9.75. The molecular weight excluding hydrogens is 834 g/mol. The van der Waals surface area contributed by atoms with E-state index < -0.39 is 0 Å². The summed E-state index contributed by atoms with van der Waals surface area (Å²) in [5, 5.41) is 15.6. The number of carbonyl (C=O) groups excluding carboxylic acids is 1. The van der Waals surface area contributed by atoms with Crippen LogP contribution in [0.3, 0.4) is 0 Å². The molecule has 6 rings (SSSR count). The van der Waals surface area contributed by atoms with Crippen molar-refractivity contribution < 1.29 is 66.9 Å². The Hall–Kier alpha value is 1.08. The molecule has 3 N–H and O–H groups in total. The van der Waals surface area contributed by atoms with Gasteiger partial charge in [-0.25, -0.2) is 0 Å². The van der Waals surface area contributed by atoms with E-state index in [9.17, 15) is 4.79 Å². The van der Waals surface area contributed by atoms with Gasteiger partial charge in [-0.1, -0.05) is 32.1 Å². The summed E-state index contributed by atoms with van der Waals surface area (Å²) in [7, 11) is 0. The van der Waals surface area contributed by atoms with Gasteiger partial charge in [0.1, 0.15) is 0 Å². The minimum absolute atomic E-state index is 0. The van der Waals surface area contributed by atoms with Gasteiger partial charge in [-0.05, 0) is 0 Å². The van der Waals surface area contributed by atoms with E-state index in [1.807, 2.05) is 5.92 Å². The van der Waals surface area contributed by atoms with E-state index in [0.717, 1.165) is 18.3 Å². The molecule has 6 nitrogen and oxygen atoms in total. The maximum absolute atomic E-state index is 11.9. The van der Waals surface area contributed by atoms with Crippen LogP contribution in [-0.4, -0.2) is 38.3 Å². The first-order valence-corrected chi connectivity index (χ1v) is 14.3. The fraction of sp³-hybridized carbons (Fsp3) is 0.810. The number of ether oxygens (including phenoxy) is 2. The third-order valence-corrected chi connectivity index (χ3v) is 12.6. The molecule has 0 aromatic rings. The molecular formula is C21H28I2N3O3U-. The molecule has 4 saturated carbocycles. The molecule has 4 aliphatic carbocycles. The molecule has 6 fully saturated rings. The second-order valence-electron chi connectivity index (χ2n) is 9.22. The van der Waals surface area contributed by atoms with Crippen LogP contribution in [-0.2, 0) is 14.3 Å². The van der Waals surface area contributed by atoms with Gasteiger partial charge in [-0.3, -0.25) is 0 Å². The summed E-state index contributed by atoms with van der Waals surface area (Å²) in [5.74, 6) is 4.02. The summed E-state index contributed by atoms with van der Waals surface area (Å²) in [6.07, 6.45) is 10.3. The van der Waals surface area contributed by atoms with Crippen molar-refractivity contribution in [3.8, 4) is 0 Å². The number of carbonyl (C=O) groups is 1. The van der Waals surface area contributed by atoms with Crippen LogP contribution in [0, 0.1) is 83.4 Å². The quantitative estimate of drug-likeness (QED) is 0.0424. The zero-order valence-corrected chi connectivity index (χ0v) is 25.5. The van der Waals surface area contributed by atoms with Crippen molar-refractivity contribution in [2.45, 2.75) is 65.6 Å². The maximum Gasteiger partial charge on any atom is 2.00 e. The molecule has 4 bridgehead atoms. The van der Waals surface area contributed by atoms with Crippen LogP contribution in [0.4, 0.5) is 0 Å². The molecule has 2 saturated heterocycles. The van der Waals surface area contributed by atoms with E-state index in [1.54, 1.807) is 6.42 Å². The normalized spacial score (nSPS) is 45.5. The standard InChI is InChI=1S/C12H13I2N3O3.C9H15.U/c13-7(10-14-17-10)11(16)19-8-3-1-4-6(5(3)2-15)12(18)20-9(4)8;1-2-8-5-7-3-4-9(8)6-7;/h3-10,15-17H,1H2;7,9H,2-6H2,1H3;/q-2;-1;+2. The molecule has 2 heterocycles. The number of halogens is 2. The summed E-state index contributed by atoms with van der Waals surface area (Å²) < 4.78 is 15.1. The van der Waals surface area contributed by atoms with Crippen LogP contribution < -0.4 is 25.0 Å². The SMILES string of the molecule is CC[C-]1CC2CCC1C2.N=[C-]C1C2CC3C(OC(=O)C13)C2OC(=N)C(I)C1N[I-]1.[U+2]. The fourth-order valence-electron chi connectivity index (χ4n) is 6.44. The van der Waals surface area contributed by atoms with Crippen LogP contribution in [0.5, 0.6) is 0 Å². The number of nitrogens with one attached hydrogen (secondary N) is 3. The molecule has 0 radical (unpaired) electrons. The molecule has 9 heteroatoms. The monoisotopic (exact) mass is 862 g/mol. The number of esters is 1. The van der Waals surface area contributed by atoms with Gasteiger partial charge in [0.25, 0.3) is 0 Å². The molecule has 164 valence electrons. The van der Waals surface area contributed by atoms with Gasteiger partial charge in [-0.2, -0.15) is 18.8 Å². The maximum atomic E-state index is 11.9. The number of hydrogen-bond donors (Lipinski definition) is 3. The summed E-state index contributed by atoms with van der Waals surface area (Å²) >= 11 is 2.28. The third kappa shape index (κ3) is 4.29. The minimum Gasteiger partial charge on any atom is 2.00 e. The number of fused-ring (bicyclic) bond motifs is 3. The predicted octanol–water partition coefficient (Wildman–Crippen LogP) is 0.211. The predicted molar refractivity (Wildman–Crippen MR) is 112 cm³/mol. The van der Waals surface area contributed by atoms with Crippen LogP contribution in [0.1, 0.15) is 45.4 Å². The van der Waals surface area contributed by atoms with Gasteiger partial charge in [-0.15, -0.1) is 0 Å². The molecule has 10 atom stereocenters. The Kier molecular flexibility index (Phi) is 7.87. The molecule has 0 spiro atoms. The van der Waals surface area contributed by atoms with Crippen molar-refractivity contribution in [1.29, 1.82) is 10.8 Å². The van der Waals surface area contributed by atoms with Gasteiger partial charge >= 0.3 is 172 Å². The van der Waals surface area contributed by atoms with Crippen molar-refractivity contribution in [2.75, 3.05) is 0 Å². The smallest absolute Gasteiger partial charge is 2.00 e. The van der Waals surface area contributed by atoms with Gasteiger partial charge < -0.3 is 5.92 Å². The third-order valence-electron chi connectivity index (χ3n) is 7.84. The zero-order valence-electron chi connectivity index (χ0n) is 17.0. The summed E-state index contributed by atoms with van der Waals surface area (Å²) in [4.78, 5) is 11.9. The minimum atomic E-state index is -0.257. The van der Waals surface area contributed by atoms with Gasteiger partial charge in [0.15, 0.2) is 0 Å². The van der Waals surface area contributed by atoms with Gasteiger partial charge in [0.2, 0.25) is 0 Å². The molecule has 10 unspecified atom stereocenters. The first kappa shape index (κ1) is 24.2. The molecule has 0 amide bonds. The second-order valence-corrected chi connectivity index (χ2v) is 13.2. The van der Waals surface area contributed by atoms with E-state index in [2.05, 4.69) is 39.3 Å². The topological polar surface area (TPSA) is 105 Å². The Labute approximate surface area is 226 Å². The average molecular weight is 862 g/mol. The fourth-order valence-corrected chi connectivity index (χ4v) is 9.57. The Morgan fingerprint density at radius 1 is 1.43 bits per heavy atom. The van der Waals surface area contributed by atoms with Crippen LogP contribution in [0.2, 0.25) is 0 Å². The molecule has 30 heavy (non-hydrogen) atoms. The van der Waals surface area contributed by atoms with Crippen molar-refractivity contribution >= 4 is 40.7 Å². The van der Waals surface area contributed by atoms with E-state index in [4.69, 9.17) is 20.3 Å². The average Bonchev–Trinajstić information content (AvgIpc) is 3.02. The van der Waals surface area contributed by atoms with E-state index in [0.29, 0.717) is 4.05 Å². The first-order chi connectivity index (χ1) is 14.0. The molecule has 0 aromatic carbocycles. The van der Waals surface area contributed by atoms with Crippen LogP contribution in [0.15, 0.2) is 0 Å². The number of alkyl halides is 2. The summed E-state index contributed by atoms with van der Waals surface area (Å²) in [6, 6.07) is 0. The Balaban J connectivity index is 0.000000183. The summed E-state index contributed by atoms with van der Waals surface area (Å²) in [5.41, 5.74) is 0. The van der Waals surface area contributed by atoms with Crippen LogP contribution >= 0.6 is 22.6 Å². The Morgan fingerprint density at radius 2 is 2.20 bits per heavy atom. The largest absolute Gasteiger partial charge is 2.00 e. The molecule has 0 aromatic heterocycles. The van der Waals surface area contributed by atoms with E-state index in [-0.39, 0.29) is 104 Å². The Bertz CT molecular complexity index is 709. The van der Waals surface area contributed by atoms with E-state index in [1.165, 1.54) is 25.7 Å². The van der Waals surface area contributed by atoms with E-state index >= 15 is 0 Å². The zero-order chi connectivity index (χ0) is 20.3.